The smallest absolute Gasteiger partial charge is 0.331 e. The number of likely N-dealkylation sites (tertiary alicyclic amines) is 2. The second kappa shape index (κ2) is 9.12. The van der Waals surface area contributed by atoms with E-state index >= 15 is 0 Å². The third-order valence-electron chi connectivity index (χ3n) is 7.30. The normalized spacial score (nSPS) is 22.0. The zero-order valence-electron chi connectivity index (χ0n) is 18.1. The molecule has 0 unspecified atom stereocenters. The van der Waals surface area contributed by atoms with E-state index < -0.39 is 0 Å². The summed E-state index contributed by atoms with van der Waals surface area (Å²) in [4.78, 5) is 16.5. The van der Waals surface area contributed by atoms with Crippen LogP contribution >= 0.6 is 0 Å². The lowest BCUT2D eigenvalue weighted by Crippen LogP contribution is -2.55. The van der Waals surface area contributed by atoms with E-state index in [1.165, 1.54) is 18.6 Å². The number of fused-ring (bicyclic) bond motifs is 1. The molecule has 1 N–H and O–H groups in total. The Morgan fingerprint density at radius 3 is 2.58 bits per heavy atom. The van der Waals surface area contributed by atoms with Crippen LogP contribution in [0.4, 0.5) is 9.18 Å². The van der Waals surface area contributed by atoms with E-state index in [0.717, 1.165) is 94.9 Å². The Balaban J connectivity index is 1.03. The third kappa shape index (κ3) is 4.70. The second-order valence-electron chi connectivity index (χ2n) is 9.30. The van der Waals surface area contributed by atoms with Gasteiger partial charge in [-0.2, -0.15) is 0 Å². The Morgan fingerprint density at radius 2 is 1.87 bits per heavy atom. The van der Waals surface area contributed by atoms with E-state index in [0.29, 0.717) is 11.5 Å². The van der Waals surface area contributed by atoms with Gasteiger partial charge in [-0.15, -0.1) is 0 Å². The molecule has 0 atom stereocenters. The second-order valence-corrected chi connectivity index (χ2v) is 9.30. The molecule has 2 aromatic rings. The average Bonchev–Trinajstić information content (AvgIpc) is 3.15. The van der Waals surface area contributed by atoms with Crippen LogP contribution in [0.3, 0.4) is 0 Å². The number of hydrazine groups is 1. The number of halogens is 1. The van der Waals surface area contributed by atoms with Crippen LogP contribution in [0.1, 0.15) is 50.1 Å². The van der Waals surface area contributed by atoms with E-state index in [1.54, 1.807) is 6.07 Å². The molecule has 1 aromatic carbocycles. The Morgan fingerprint density at radius 1 is 1.10 bits per heavy atom. The third-order valence-corrected chi connectivity index (χ3v) is 7.30. The Kier molecular flexibility index (Phi) is 6.09. The molecule has 31 heavy (non-hydrogen) atoms. The van der Waals surface area contributed by atoms with Gasteiger partial charge in [-0.1, -0.05) is 5.16 Å². The van der Waals surface area contributed by atoms with Crippen LogP contribution in [0, 0.1) is 11.7 Å². The Bertz CT molecular complexity index is 899. The first-order valence-electron chi connectivity index (χ1n) is 11.7. The number of carbonyl (C=O) groups excluding carboxylic acids is 1. The van der Waals surface area contributed by atoms with Crippen molar-refractivity contribution in [2.24, 2.45) is 5.92 Å². The molecule has 3 saturated heterocycles. The number of aromatic nitrogens is 1. The predicted octanol–water partition coefficient (Wildman–Crippen LogP) is 3.58. The molecule has 4 heterocycles. The van der Waals surface area contributed by atoms with Gasteiger partial charge in [0, 0.05) is 43.5 Å². The van der Waals surface area contributed by atoms with Gasteiger partial charge in [0.1, 0.15) is 5.82 Å². The van der Waals surface area contributed by atoms with E-state index in [4.69, 9.17) is 4.52 Å². The van der Waals surface area contributed by atoms with Gasteiger partial charge >= 0.3 is 6.03 Å². The number of carbonyl (C=O) groups is 1. The van der Waals surface area contributed by atoms with Crippen molar-refractivity contribution in [3.8, 4) is 0 Å². The highest BCUT2D eigenvalue weighted by atomic mass is 19.1. The van der Waals surface area contributed by atoms with Crippen molar-refractivity contribution in [2.75, 3.05) is 45.8 Å². The van der Waals surface area contributed by atoms with Crippen molar-refractivity contribution < 1.29 is 13.7 Å². The van der Waals surface area contributed by atoms with Gasteiger partial charge in [0.15, 0.2) is 5.58 Å². The zero-order chi connectivity index (χ0) is 21.2. The molecule has 0 radical (unpaired) electrons. The van der Waals surface area contributed by atoms with Crippen LogP contribution in [0.2, 0.25) is 0 Å². The molecule has 1 aromatic heterocycles. The minimum Gasteiger partial charge on any atom is -0.356 e. The number of urea groups is 1. The molecule has 0 aliphatic carbocycles. The summed E-state index contributed by atoms with van der Waals surface area (Å²) in [5.74, 6) is 0.847. The minimum absolute atomic E-state index is 0.0672. The summed E-state index contributed by atoms with van der Waals surface area (Å²) < 4.78 is 18.7. The first-order chi connectivity index (χ1) is 15.2. The molecule has 3 aliphatic heterocycles. The first-order valence-corrected chi connectivity index (χ1v) is 11.7. The summed E-state index contributed by atoms with van der Waals surface area (Å²) >= 11 is 0. The highest BCUT2D eigenvalue weighted by Gasteiger charge is 2.27. The van der Waals surface area contributed by atoms with Crippen molar-refractivity contribution in [1.29, 1.82) is 0 Å². The summed E-state index contributed by atoms with van der Waals surface area (Å²) in [6.45, 7) is 6.98. The molecule has 168 valence electrons. The number of amides is 2. The van der Waals surface area contributed by atoms with Crippen LogP contribution in [0.5, 0.6) is 0 Å². The SMILES string of the molecule is O=C(NN1CCC(CCN2CCC(c3noc4cc(F)ccc34)CC2)CC1)N1CCC1. The highest BCUT2D eigenvalue weighted by Crippen LogP contribution is 2.33. The molecule has 5 rings (SSSR count). The molecular weight excluding hydrogens is 397 g/mol. The van der Waals surface area contributed by atoms with Crippen molar-refractivity contribution in [3.63, 3.8) is 0 Å². The van der Waals surface area contributed by atoms with Crippen LogP contribution in [0.15, 0.2) is 22.7 Å². The van der Waals surface area contributed by atoms with Crippen LogP contribution in [-0.4, -0.2) is 71.8 Å². The lowest BCUT2D eigenvalue weighted by molar-refractivity contribution is 0.0944. The van der Waals surface area contributed by atoms with E-state index in [1.807, 2.05) is 4.90 Å². The summed E-state index contributed by atoms with van der Waals surface area (Å²) in [5, 5.41) is 7.30. The lowest BCUT2D eigenvalue weighted by atomic mass is 9.90. The zero-order valence-corrected chi connectivity index (χ0v) is 18.1. The van der Waals surface area contributed by atoms with Crippen LogP contribution < -0.4 is 5.43 Å². The van der Waals surface area contributed by atoms with Crippen molar-refractivity contribution in [1.82, 2.24) is 25.4 Å². The molecule has 0 spiro atoms. The maximum absolute atomic E-state index is 13.4. The summed E-state index contributed by atoms with van der Waals surface area (Å²) in [7, 11) is 0. The molecule has 8 heteroatoms. The van der Waals surface area contributed by atoms with Gasteiger partial charge in [0.25, 0.3) is 0 Å². The van der Waals surface area contributed by atoms with Gasteiger partial charge in [-0.25, -0.2) is 14.2 Å². The average molecular weight is 430 g/mol. The molecule has 3 fully saturated rings. The van der Waals surface area contributed by atoms with Crippen molar-refractivity contribution in [2.45, 2.75) is 44.4 Å². The summed E-state index contributed by atoms with van der Waals surface area (Å²) in [5.41, 5.74) is 4.59. The molecule has 7 nitrogen and oxygen atoms in total. The number of nitrogens with zero attached hydrogens (tertiary/aromatic N) is 4. The fourth-order valence-corrected chi connectivity index (χ4v) is 5.08. The van der Waals surface area contributed by atoms with Crippen molar-refractivity contribution >= 4 is 17.0 Å². The van der Waals surface area contributed by atoms with Gasteiger partial charge in [-0.3, -0.25) is 5.43 Å². The van der Waals surface area contributed by atoms with Gasteiger partial charge in [0.05, 0.1) is 5.69 Å². The number of hydrogen-bond acceptors (Lipinski definition) is 5. The number of nitrogens with one attached hydrogen (secondary N) is 1. The number of hydrogen-bond donors (Lipinski definition) is 1. The maximum atomic E-state index is 13.4. The maximum Gasteiger partial charge on any atom is 0.331 e. The molecule has 3 aliphatic rings. The Labute approximate surface area is 182 Å². The molecular formula is C23H32FN5O2. The van der Waals surface area contributed by atoms with E-state index in [9.17, 15) is 9.18 Å². The number of benzene rings is 1. The van der Waals surface area contributed by atoms with Crippen LogP contribution in [0.25, 0.3) is 11.0 Å². The van der Waals surface area contributed by atoms with E-state index in [-0.39, 0.29) is 11.8 Å². The minimum atomic E-state index is -0.283. The van der Waals surface area contributed by atoms with Crippen molar-refractivity contribution in [3.05, 3.63) is 29.7 Å². The fourth-order valence-electron chi connectivity index (χ4n) is 5.08. The number of rotatable bonds is 5. The van der Waals surface area contributed by atoms with Gasteiger partial charge in [-0.05, 0) is 76.2 Å². The molecule has 0 bridgehead atoms. The lowest BCUT2D eigenvalue weighted by Gasteiger charge is -2.37. The molecule has 2 amide bonds. The quantitative estimate of drug-likeness (QED) is 0.787. The van der Waals surface area contributed by atoms with Gasteiger partial charge < -0.3 is 14.3 Å². The van der Waals surface area contributed by atoms with E-state index in [2.05, 4.69) is 20.5 Å². The fraction of sp³-hybridized carbons (Fsp3) is 0.652. The topological polar surface area (TPSA) is 64.9 Å². The molecule has 0 saturated carbocycles. The van der Waals surface area contributed by atoms with Gasteiger partial charge in [0.2, 0.25) is 0 Å². The van der Waals surface area contributed by atoms with Crippen LogP contribution in [-0.2, 0) is 0 Å². The standard InChI is InChI=1S/C23H32FN5O2/c24-19-2-3-20-21(16-19)31-26-22(20)18-7-12-27(13-8-18)11-4-17-5-14-29(15-6-17)25-23(30)28-9-1-10-28/h2-3,16-18H,1,4-15H2,(H,25,30). The predicted molar refractivity (Wildman–Crippen MR) is 116 cm³/mol. The summed E-state index contributed by atoms with van der Waals surface area (Å²) in [6, 6.07) is 4.77. The highest BCUT2D eigenvalue weighted by molar-refractivity contribution is 5.79. The summed E-state index contributed by atoms with van der Waals surface area (Å²) in [6.07, 6.45) is 6.79. The largest absolute Gasteiger partial charge is 0.356 e. The Hall–Kier alpha value is -2.19. The monoisotopic (exact) mass is 429 g/mol. The first kappa shape index (κ1) is 20.7. The number of piperidine rings is 2.